The molecule has 1 amide bonds. The average Bonchev–Trinajstić information content (AvgIpc) is 3.24. The van der Waals surface area contributed by atoms with E-state index in [2.05, 4.69) is 20.3 Å². The molecule has 0 spiro atoms. The van der Waals surface area contributed by atoms with Crippen LogP contribution in [0.1, 0.15) is 23.0 Å². The van der Waals surface area contributed by atoms with Gasteiger partial charge in [-0.1, -0.05) is 17.3 Å². The molecule has 3 heterocycles. The van der Waals surface area contributed by atoms with Crippen molar-refractivity contribution in [1.29, 1.82) is 0 Å². The molecule has 0 aliphatic carbocycles. The Kier molecular flexibility index (Phi) is 3.03. The van der Waals surface area contributed by atoms with E-state index in [0.717, 1.165) is 17.5 Å². The summed E-state index contributed by atoms with van der Waals surface area (Å²) in [6, 6.07) is 7.72. The maximum Gasteiger partial charge on any atom is 0.274 e. The predicted molar refractivity (Wildman–Crippen MR) is 79.1 cm³/mol. The number of fused-ring (bicyclic) bond motifs is 1. The maximum absolute atomic E-state index is 12.6. The van der Waals surface area contributed by atoms with Crippen molar-refractivity contribution in [3.05, 3.63) is 48.5 Å². The molecule has 0 bridgehead atoms. The van der Waals surface area contributed by atoms with Crippen LogP contribution in [0.25, 0.3) is 11.0 Å². The molecule has 3 aromatic rings. The first-order valence-electron chi connectivity index (χ1n) is 7.18. The summed E-state index contributed by atoms with van der Waals surface area (Å²) in [7, 11) is 0. The van der Waals surface area contributed by atoms with E-state index in [1.165, 1.54) is 0 Å². The summed E-state index contributed by atoms with van der Waals surface area (Å²) >= 11 is 0. The van der Waals surface area contributed by atoms with Gasteiger partial charge in [0.2, 0.25) is 0 Å². The van der Waals surface area contributed by atoms with E-state index in [9.17, 15) is 4.79 Å². The van der Waals surface area contributed by atoms with Crippen molar-refractivity contribution in [2.24, 2.45) is 0 Å². The summed E-state index contributed by atoms with van der Waals surface area (Å²) < 4.78 is 1.80. The van der Waals surface area contributed by atoms with Crippen molar-refractivity contribution in [2.45, 2.75) is 12.5 Å². The predicted octanol–water partition coefficient (Wildman–Crippen LogP) is 1.31. The molecule has 0 N–H and O–H groups in total. The summed E-state index contributed by atoms with van der Waals surface area (Å²) in [6.07, 6.45) is 5.90. The molecule has 7 heteroatoms. The lowest BCUT2D eigenvalue weighted by Crippen LogP contribution is -2.30. The smallest absolute Gasteiger partial charge is 0.274 e. The van der Waals surface area contributed by atoms with Crippen LogP contribution in [0, 0.1) is 0 Å². The Bertz CT molecular complexity index is 816. The third kappa shape index (κ3) is 2.20. The lowest BCUT2D eigenvalue weighted by atomic mass is 10.3. The Morgan fingerprint density at radius 2 is 2.09 bits per heavy atom. The van der Waals surface area contributed by atoms with Gasteiger partial charge in [-0.25, -0.2) is 9.67 Å². The maximum atomic E-state index is 12.6. The van der Waals surface area contributed by atoms with E-state index in [0.29, 0.717) is 18.8 Å². The average molecular weight is 294 g/mol. The second kappa shape index (κ2) is 5.18. The molecular formula is C15H14N6O. The van der Waals surface area contributed by atoms with Crippen molar-refractivity contribution in [3.63, 3.8) is 0 Å². The van der Waals surface area contributed by atoms with Gasteiger partial charge < -0.3 is 4.90 Å². The molecule has 7 nitrogen and oxygen atoms in total. The van der Waals surface area contributed by atoms with Crippen LogP contribution in [0.2, 0.25) is 0 Å². The third-order valence-electron chi connectivity index (χ3n) is 3.93. The van der Waals surface area contributed by atoms with Gasteiger partial charge in [0.15, 0.2) is 0 Å². The van der Waals surface area contributed by atoms with Gasteiger partial charge in [0, 0.05) is 19.3 Å². The lowest BCUT2D eigenvalue weighted by molar-refractivity contribution is 0.0781. The van der Waals surface area contributed by atoms with Gasteiger partial charge in [0.25, 0.3) is 5.91 Å². The minimum Gasteiger partial charge on any atom is -0.335 e. The lowest BCUT2D eigenvalue weighted by Gasteiger charge is -2.16. The number of para-hydroxylation sites is 2. The fourth-order valence-corrected chi connectivity index (χ4v) is 2.78. The number of carbonyl (C=O) groups is 1. The first-order valence-corrected chi connectivity index (χ1v) is 7.18. The number of amides is 1. The Hall–Kier alpha value is -2.83. The molecule has 1 fully saturated rings. The molecule has 1 atom stereocenters. The number of likely N-dealkylation sites (tertiary alicyclic amines) is 1. The van der Waals surface area contributed by atoms with Crippen molar-refractivity contribution in [3.8, 4) is 0 Å². The summed E-state index contributed by atoms with van der Waals surface area (Å²) in [5.41, 5.74) is 1.92. The molecule has 2 aromatic heterocycles. The van der Waals surface area contributed by atoms with Crippen LogP contribution < -0.4 is 0 Å². The first kappa shape index (κ1) is 12.9. The Labute approximate surface area is 126 Å². The summed E-state index contributed by atoms with van der Waals surface area (Å²) in [4.78, 5) is 23.1. The molecule has 0 radical (unpaired) electrons. The summed E-state index contributed by atoms with van der Waals surface area (Å²) in [5.74, 6) is -0.0825. The fourth-order valence-electron chi connectivity index (χ4n) is 2.78. The van der Waals surface area contributed by atoms with Gasteiger partial charge >= 0.3 is 0 Å². The highest BCUT2D eigenvalue weighted by Gasteiger charge is 2.29. The van der Waals surface area contributed by atoms with Crippen LogP contribution in [0.15, 0.2) is 42.9 Å². The van der Waals surface area contributed by atoms with E-state index >= 15 is 0 Å². The summed E-state index contributed by atoms with van der Waals surface area (Å²) in [6.45, 7) is 1.31. The topological polar surface area (TPSA) is 76.8 Å². The highest BCUT2D eigenvalue weighted by Crippen LogP contribution is 2.22. The molecule has 1 aliphatic heterocycles. The fraction of sp³-hybridized carbons (Fsp3) is 0.267. The number of rotatable bonds is 2. The quantitative estimate of drug-likeness (QED) is 0.712. The highest BCUT2D eigenvalue weighted by molar-refractivity contribution is 5.94. The minimum absolute atomic E-state index is 0.0825. The van der Waals surface area contributed by atoms with Gasteiger partial charge in [0.1, 0.15) is 5.69 Å². The van der Waals surface area contributed by atoms with Gasteiger partial charge in [-0.05, 0) is 18.6 Å². The van der Waals surface area contributed by atoms with E-state index in [-0.39, 0.29) is 11.9 Å². The zero-order valence-corrected chi connectivity index (χ0v) is 11.8. The zero-order chi connectivity index (χ0) is 14.9. The number of hydrogen-bond acceptors (Lipinski definition) is 5. The molecule has 1 aromatic carbocycles. The van der Waals surface area contributed by atoms with E-state index in [1.807, 2.05) is 30.5 Å². The van der Waals surface area contributed by atoms with Crippen LogP contribution in [0.4, 0.5) is 0 Å². The SMILES string of the molecule is O=C(c1cnc2ccccc2n1)N1CC[C@H](n2ccnn2)C1. The van der Waals surface area contributed by atoms with Crippen LogP contribution in [-0.4, -0.2) is 48.9 Å². The minimum atomic E-state index is -0.0825. The Morgan fingerprint density at radius 3 is 2.91 bits per heavy atom. The monoisotopic (exact) mass is 294 g/mol. The molecule has 1 aliphatic rings. The van der Waals surface area contributed by atoms with Crippen molar-refractivity contribution in [1.82, 2.24) is 29.9 Å². The molecular weight excluding hydrogens is 280 g/mol. The van der Waals surface area contributed by atoms with Crippen LogP contribution in [0.5, 0.6) is 0 Å². The van der Waals surface area contributed by atoms with Crippen LogP contribution in [-0.2, 0) is 0 Å². The number of aromatic nitrogens is 5. The molecule has 22 heavy (non-hydrogen) atoms. The zero-order valence-electron chi connectivity index (χ0n) is 11.8. The second-order valence-corrected chi connectivity index (χ2v) is 5.32. The standard InChI is InChI=1S/C15H14N6O/c22-15(14-9-16-12-3-1-2-4-13(12)18-14)20-7-5-11(10-20)21-8-6-17-19-21/h1-4,6,8-9,11H,5,7,10H2/t11-/m0/s1. The van der Waals surface area contributed by atoms with Crippen molar-refractivity contribution < 1.29 is 4.79 Å². The normalized spacial score (nSPS) is 18.0. The van der Waals surface area contributed by atoms with Crippen LogP contribution >= 0.6 is 0 Å². The summed E-state index contributed by atoms with van der Waals surface area (Å²) in [5, 5.41) is 7.82. The molecule has 0 unspecified atom stereocenters. The number of benzene rings is 1. The van der Waals surface area contributed by atoms with E-state index in [1.54, 1.807) is 22.0 Å². The van der Waals surface area contributed by atoms with Crippen LogP contribution in [0.3, 0.4) is 0 Å². The number of carbonyl (C=O) groups excluding carboxylic acids is 1. The molecule has 1 saturated heterocycles. The van der Waals surface area contributed by atoms with Gasteiger partial charge in [-0.15, -0.1) is 5.10 Å². The molecule has 4 rings (SSSR count). The Morgan fingerprint density at radius 1 is 1.23 bits per heavy atom. The van der Waals surface area contributed by atoms with E-state index < -0.39 is 0 Å². The van der Waals surface area contributed by atoms with Gasteiger partial charge in [-0.3, -0.25) is 9.78 Å². The Balaban J connectivity index is 1.56. The molecule has 0 saturated carbocycles. The first-order chi connectivity index (χ1) is 10.8. The van der Waals surface area contributed by atoms with E-state index in [4.69, 9.17) is 0 Å². The van der Waals surface area contributed by atoms with Crippen molar-refractivity contribution in [2.75, 3.05) is 13.1 Å². The molecule has 110 valence electrons. The number of hydrogen-bond donors (Lipinski definition) is 0. The van der Waals surface area contributed by atoms with Gasteiger partial charge in [-0.2, -0.15) is 0 Å². The third-order valence-corrected chi connectivity index (χ3v) is 3.93. The van der Waals surface area contributed by atoms with Crippen molar-refractivity contribution >= 4 is 16.9 Å². The number of nitrogens with zero attached hydrogens (tertiary/aromatic N) is 6. The largest absolute Gasteiger partial charge is 0.335 e. The second-order valence-electron chi connectivity index (χ2n) is 5.32. The van der Waals surface area contributed by atoms with Gasteiger partial charge in [0.05, 0.1) is 29.5 Å². The highest BCUT2D eigenvalue weighted by atomic mass is 16.2.